The highest BCUT2D eigenvalue weighted by atomic mass is 16.2. The Balaban J connectivity index is 2.50. The average Bonchev–Trinajstić information content (AvgIpc) is 2.15. The van der Waals surface area contributed by atoms with Crippen molar-refractivity contribution >= 4 is 11.8 Å². The normalized spacial score (nSPS) is 22.3. The van der Waals surface area contributed by atoms with Crippen LogP contribution in [0.3, 0.4) is 0 Å². The second-order valence-corrected chi connectivity index (χ2v) is 3.36. The van der Waals surface area contributed by atoms with Gasteiger partial charge in [-0.3, -0.25) is 9.59 Å². The zero-order valence-corrected chi connectivity index (χ0v) is 8.17. The molecular weight excluding hydrogens is 168 g/mol. The molecule has 0 aromatic carbocycles. The lowest BCUT2D eigenvalue weighted by molar-refractivity contribution is -0.136. The van der Waals surface area contributed by atoms with Crippen LogP contribution in [0.1, 0.15) is 26.2 Å². The van der Waals surface area contributed by atoms with Crippen molar-refractivity contribution < 1.29 is 9.59 Å². The molecule has 0 aromatic rings. The first-order chi connectivity index (χ1) is 6.15. The van der Waals surface area contributed by atoms with Crippen molar-refractivity contribution in [2.75, 3.05) is 13.6 Å². The summed E-state index contributed by atoms with van der Waals surface area (Å²) in [4.78, 5) is 24.2. The number of carbonyl (C=O) groups is 2. The van der Waals surface area contributed by atoms with Gasteiger partial charge in [0.15, 0.2) is 0 Å². The average molecular weight is 184 g/mol. The summed E-state index contributed by atoms with van der Waals surface area (Å²) in [5.41, 5.74) is 0. The molecule has 0 aliphatic carbocycles. The van der Waals surface area contributed by atoms with Gasteiger partial charge in [0, 0.05) is 20.0 Å². The van der Waals surface area contributed by atoms with Gasteiger partial charge in [-0.15, -0.1) is 0 Å². The van der Waals surface area contributed by atoms with Crippen LogP contribution in [0.4, 0.5) is 0 Å². The van der Waals surface area contributed by atoms with Crippen LogP contribution in [0.2, 0.25) is 0 Å². The van der Waals surface area contributed by atoms with Crippen molar-refractivity contribution in [3.63, 3.8) is 0 Å². The van der Waals surface area contributed by atoms with E-state index in [-0.39, 0.29) is 17.9 Å². The molecule has 0 aromatic heterocycles. The van der Waals surface area contributed by atoms with Crippen LogP contribution < -0.4 is 5.32 Å². The number of carbonyl (C=O) groups excluding carboxylic acids is 2. The zero-order valence-electron chi connectivity index (χ0n) is 8.17. The summed E-state index contributed by atoms with van der Waals surface area (Å²) in [6.07, 6.45) is 2.15. The van der Waals surface area contributed by atoms with Crippen molar-refractivity contribution in [3.8, 4) is 0 Å². The van der Waals surface area contributed by atoms with Crippen molar-refractivity contribution in [3.05, 3.63) is 0 Å². The molecule has 0 spiro atoms. The Bertz CT molecular complexity index is 216. The third-order valence-electron chi connectivity index (χ3n) is 2.38. The van der Waals surface area contributed by atoms with E-state index < -0.39 is 0 Å². The third-order valence-corrected chi connectivity index (χ3v) is 2.38. The van der Waals surface area contributed by atoms with Gasteiger partial charge in [-0.1, -0.05) is 0 Å². The van der Waals surface area contributed by atoms with Crippen molar-refractivity contribution in [1.82, 2.24) is 10.2 Å². The van der Waals surface area contributed by atoms with Crippen LogP contribution in [-0.2, 0) is 9.59 Å². The summed E-state index contributed by atoms with van der Waals surface area (Å²) in [5.74, 6) is 0.0182. The Morgan fingerprint density at radius 2 is 2.38 bits per heavy atom. The van der Waals surface area contributed by atoms with Gasteiger partial charge in [-0.2, -0.15) is 0 Å². The van der Waals surface area contributed by atoms with Crippen molar-refractivity contribution in [2.24, 2.45) is 0 Å². The molecule has 0 radical (unpaired) electrons. The molecule has 4 heteroatoms. The maximum absolute atomic E-state index is 11.6. The van der Waals surface area contributed by atoms with Gasteiger partial charge in [0.2, 0.25) is 11.8 Å². The SMILES string of the molecule is CCN(C)C(=O)C1CCCC(=O)N1. The van der Waals surface area contributed by atoms with Gasteiger partial charge in [-0.05, 0) is 19.8 Å². The van der Waals surface area contributed by atoms with Crippen LogP contribution in [0, 0.1) is 0 Å². The molecule has 2 amide bonds. The van der Waals surface area contributed by atoms with Gasteiger partial charge in [0.25, 0.3) is 0 Å². The molecule has 1 unspecified atom stereocenters. The lowest BCUT2D eigenvalue weighted by atomic mass is 10.0. The Hall–Kier alpha value is -1.06. The van der Waals surface area contributed by atoms with E-state index in [1.807, 2.05) is 6.92 Å². The largest absolute Gasteiger partial charge is 0.344 e. The third kappa shape index (κ3) is 2.44. The fourth-order valence-corrected chi connectivity index (χ4v) is 1.41. The quantitative estimate of drug-likeness (QED) is 0.663. The van der Waals surface area contributed by atoms with Gasteiger partial charge >= 0.3 is 0 Å². The summed E-state index contributed by atoms with van der Waals surface area (Å²) < 4.78 is 0. The number of piperidine rings is 1. The topological polar surface area (TPSA) is 49.4 Å². The molecule has 1 aliphatic heterocycles. The molecule has 13 heavy (non-hydrogen) atoms. The molecular formula is C9H16N2O2. The van der Waals surface area contributed by atoms with Gasteiger partial charge in [0.05, 0.1) is 0 Å². The zero-order chi connectivity index (χ0) is 9.84. The first-order valence-corrected chi connectivity index (χ1v) is 4.69. The predicted molar refractivity (Wildman–Crippen MR) is 49.1 cm³/mol. The molecule has 1 heterocycles. The molecule has 1 fully saturated rings. The maximum atomic E-state index is 11.6. The van der Waals surface area contributed by atoms with Crippen LogP contribution in [0.15, 0.2) is 0 Å². The van der Waals surface area contributed by atoms with Gasteiger partial charge in [0.1, 0.15) is 6.04 Å². The smallest absolute Gasteiger partial charge is 0.244 e. The van der Waals surface area contributed by atoms with Crippen LogP contribution in [0.5, 0.6) is 0 Å². The monoisotopic (exact) mass is 184 g/mol. The maximum Gasteiger partial charge on any atom is 0.244 e. The number of likely N-dealkylation sites (N-methyl/N-ethyl adjacent to an activating group) is 1. The minimum atomic E-state index is -0.286. The van der Waals surface area contributed by atoms with Crippen LogP contribution >= 0.6 is 0 Å². The minimum Gasteiger partial charge on any atom is -0.344 e. The summed E-state index contributed by atoms with van der Waals surface area (Å²) in [6, 6.07) is -0.286. The Labute approximate surface area is 78.3 Å². The number of hydrogen-bond acceptors (Lipinski definition) is 2. The molecule has 0 bridgehead atoms. The summed E-state index contributed by atoms with van der Waals surface area (Å²) in [6.45, 7) is 2.60. The molecule has 1 N–H and O–H groups in total. The van der Waals surface area contributed by atoms with E-state index in [0.29, 0.717) is 13.0 Å². The number of amides is 2. The number of nitrogens with one attached hydrogen (secondary N) is 1. The van der Waals surface area contributed by atoms with E-state index in [0.717, 1.165) is 12.8 Å². The Morgan fingerprint density at radius 3 is 2.92 bits per heavy atom. The number of hydrogen-bond donors (Lipinski definition) is 1. The standard InChI is InChI=1S/C9H16N2O2/c1-3-11(2)9(13)7-5-4-6-8(12)10-7/h7H,3-6H2,1-2H3,(H,10,12). The highest BCUT2D eigenvalue weighted by Crippen LogP contribution is 2.09. The van der Waals surface area contributed by atoms with Gasteiger partial charge in [-0.25, -0.2) is 0 Å². The number of nitrogens with zero attached hydrogens (tertiary/aromatic N) is 1. The Morgan fingerprint density at radius 1 is 1.69 bits per heavy atom. The van der Waals surface area contributed by atoms with Crippen LogP contribution in [-0.4, -0.2) is 36.3 Å². The molecule has 1 rings (SSSR count). The fourth-order valence-electron chi connectivity index (χ4n) is 1.41. The summed E-state index contributed by atoms with van der Waals surface area (Å²) in [5, 5.41) is 2.70. The van der Waals surface area contributed by atoms with E-state index in [2.05, 4.69) is 5.32 Å². The first kappa shape index (κ1) is 10.0. The van der Waals surface area contributed by atoms with Crippen molar-refractivity contribution in [1.29, 1.82) is 0 Å². The van der Waals surface area contributed by atoms with E-state index in [9.17, 15) is 9.59 Å². The second kappa shape index (κ2) is 4.25. The Kier molecular flexibility index (Phi) is 3.28. The molecule has 1 saturated heterocycles. The number of rotatable bonds is 2. The second-order valence-electron chi connectivity index (χ2n) is 3.36. The van der Waals surface area contributed by atoms with Crippen LogP contribution in [0.25, 0.3) is 0 Å². The lowest BCUT2D eigenvalue weighted by Crippen LogP contribution is -2.49. The van der Waals surface area contributed by atoms with E-state index in [4.69, 9.17) is 0 Å². The van der Waals surface area contributed by atoms with Gasteiger partial charge < -0.3 is 10.2 Å². The predicted octanol–water partition coefficient (Wildman–Crippen LogP) is 0.133. The molecule has 1 atom stereocenters. The van der Waals surface area contributed by atoms with E-state index >= 15 is 0 Å². The first-order valence-electron chi connectivity index (χ1n) is 4.69. The lowest BCUT2D eigenvalue weighted by Gasteiger charge is -2.26. The van der Waals surface area contributed by atoms with E-state index in [1.165, 1.54) is 0 Å². The molecule has 0 saturated carbocycles. The fraction of sp³-hybridized carbons (Fsp3) is 0.778. The minimum absolute atomic E-state index is 0.00546. The molecule has 1 aliphatic rings. The summed E-state index contributed by atoms with van der Waals surface area (Å²) in [7, 11) is 1.75. The molecule has 74 valence electrons. The molecule has 4 nitrogen and oxygen atoms in total. The van der Waals surface area contributed by atoms with E-state index in [1.54, 1.807) is 11.9 Å². The highest BCUT2D eigenvalue weighted by molar-refractivity contribution is 5.88. The van der Waals surface area contributed by atoms with Crippen molar-refractivity contribution in [2.45, 2.75) is 32.2 Å². The summed E-state index contributed by atoms with van der Waals surface area (Å²) >= 11 is 0. The highest BCUT2D eigenvalue weighted by Gasteiger charge is 2.26.